The van der Waals surface area contributed by atoms with Crippen LogP contribution in [-0.2, 0) is 11.2 Å². The second-order valence-corrected chi connectivity index (χ2v) is 10.00. The molecule has 0 aromatic heterocycles. The summed E-state index contributed by atoms with van der Waals surface area (Å²) >= 11 is 0. The summed E-state index contributed by atoms with van der Waals surface area (Å²) in [5.74, 6) is 0.718. The van der Waals surface area contributed by atoms with Gasteiger partial charge in [0, 0.05) is 39.1 Å². The average molecular weight is 488 g/mol. The maximum atomic E-state index is 12.5. The van der Waals surface area contributed by atoms with E-state index in [2.05, 4.69) is 24.2 Å². The van der Waals surface area contributed by atoms with Crippen molar-refractivity contribution in [2.24, 2.45) is 0 Å². The predicted octanol–water partition coefficient (Wildman–Crippen LogP) is 6.18. The minimum absolute atomic E-state index is 0.171. The summed E-state index contributed by atoms with van der Waals surface area (Å²) in [6.45, 7) is 6.32. The van der Waals surface area contributed by atoms with Crippen LogP contribution in [0.4, 0.5) is 4.79 Å². The molecule has 6 heteroatoms. The van der Waals surface area contributed by atoms with Gasteiger partial charge in [0.1, 0.15) is 5.75 Å². The Labute approximate surface area is 213 Å². The van der Waals surface area contributed by atoms with E-state index in [4.69, 9.17) is 4.74 Å². The molecule has 2 rings (SSSR count). The van der Waals surface area contributed by atoms with E-state index in [0.29, 0.717) is 25.1 Å². The van der Waals surface area contributed by atoms with Gasteiger partial charge in [0.15, 0.2) is 0 Å². The first kappa shape index (κ1) is 29.2. The fraction of sp³-hybridized carbons (Fsp3) is 0.724. The Balaban J connectivity index is 1.54. The molecule has 1 aromatic carbocycles. The fourth-order valence-corrected chi connectivity index (χ4v) is 4.56. The molecule has 1 N–H and O–H groups in total. The molecule has 0 saturated carbocycles. The molecular weight excluding hydrogens is 438 g/mol. The number of ether oxygens (including phenoxy) is 1. The van der Waals surface area contributed by atoms with Crippen molar-refractivity contribution in [2.75, 3.05) is 39.8 Å². The first-order valence-electron chi connectivity index (χ1n) is 14.1. The van der Waals surface area contributed by atoms with Gasteiger partial charge in [-0.2, -0.15) is 0 Å². The molecule has 198 valence electrons. The van der Waals surface area contributed by atoms with Gasteiger partial charge in [-0.15, -0.1) is 0 Å². The Morgan fingerprint density at radius 2 is 1.40 bits per heavy atom. The van der Waals surface area contributed by atoms with Gasteiger partial charge in [-0.3, -0.25) is 4.79 Å². The van der Waals surface area contributed by atoms with Gasteiger partial charge in [0.25, 0.3) is 0 Å². The molecule has 0 unspecified atom stereocenters. The Morgan fingerprint density at radius 1 is 0.829 bits per heavy atom. The second-order valence-electron chi connectivity index (χ2n) is 10.00. The van der Waals surface area contributed by atoms with Crippen molar-refractivity contribution in [2.45, 2.75) is 96.8 Å². The number of benzene rings is 1. The zero-order valence-electron chi connectivity index (χ0n) is 22.4. The zero-order chi connectivity index (χ0) is 25.1. The molecule has 6 nitrogen and oxygen atoms in total. The van der Waals surface area contributed by atoms with Gasteiger partial charge >= 0.3 is 6.09 Å². The Bertz CT molecular complexity index is 717. The number of nitrogens with zero attached hydrogens (tertiary/aromatic N) is 2. The normalized spacial score (nSPS) is 14.2. The number of para-hydroxylation sites is 1. The van der Waals surface area contributed by atoms with Crippen molar-refractivity contribution in [3.63, 3.8) is 0 Å². The molecule has 0 spiro atoms. The van der Waals surface area contributed by atoms with Gasteiger partial charge in [-0.05, 0) is 31.5 Å². The van der Waals surface area contributed by atoms with Gasteiger partial charge < -0.3 is 19.9 Å². The van der Waals surface area contributed by atoms with E-state index in [-0.39, 0.29) is 5.91 Å². The summed E-state index contributed by atoms with van der Waals surface area (Å²) in [6, 6.07) is 7.52. The summed E-state index contributed by atoms with van der Waals surface area (Å²) < 4.78 is 5.56. The van der Waals surface area contributed by atoms with E-state index >= 15 is 0 Å². The van der Waals surface area contributed by atoms with E-state index in [0.717, 1.165) is 44.6 Å². The van der Waals surface area contributed by atoms with Crippen LogP contribution in [0.15, 0.2) is 24.3 Å². The van der Waals surface area contributed by atoms with Crippen LogP contribution in [0.3, 0.4) is 0 Å². The highest BCUT2D eigenvalue weighted by molar-refractivity contribution is 5.77. The first-order chi connectivity index (χ1) is 17.1. The topological polar surface area (TPSA) is 61.9 Å². The van der Waals surface area contributed by atoms with E-state index < -0.39 is 6.09 Å². The van der Waals surface area contributed by atoms with E-state index in [1.54, 1.807) is 6.07 Å². The maximum absolute atomic E-state index is 12.5. The van der Waals surface area contributed by atoms with Crippen LogP contribution in [0.1, 0.15) is 96.0 Å². The quantitative estimate of drug-likeness (QED) is 0.266. The molecule has 35 heavy (non-hydrogen) atoms. The third-order valence-electron chi connectivity index (χ3n) is 6.94. The highest BCUT2D eigenvalue weighted by Crippen LogP contribution is 2.20. The summed E-state index contributed by atoms with van der Waals surface area (Å²) in [4.78, 5) is 29.0. The molecule has 1 fully saturated rings. The number of carbonyl (C=O) groups is 2. The van der Waals surface area contributed by atoms with Crippen LogP contribution < -0.4 is 10.1 Å². The lowest BCUT2D eigenvalue weighted by Gasteiger charge is -2.32. The Kier molecular flexibility index (Phi) is 15.2. The highest BCUT2D eigenvalue weighted by atomic mass is 16.6. The number of rotatable bonds is 17. The van der Waals surface area contributed by atoms with Gasteiger partial charge in [0.05, 0.1) is 0 Å². The molecule has 0 aliphatic carbocycles. The number of carbonyl (C=O) groups excluding carboxylic acids is 2. The van der Waals surface area contributed by atoms with Crippen molar-refractivity contribution in [3.8, 4) is 5.75 Å². The lowest BCUT2D eigenvalue weighted by Crippen LogP contribution is -2.47. The standard InChI is InChI=1S/C29H49N3O3/c1-3-4-5-6-7-8-9-10-11-12-13-16-21-30-29(34)35-27-18-15-14-17-26(27)19-20-28(33)32-24-22-31(2)23-25-32/h14-15,17-18H,3-13,16,19-25H2,1-2H3,(H,30,34). The smallest absolute Gasteiger partial charge is 0.410 e. The third kappa shape index (κ3) is 13.0. The highest BCUT2D eigenvalue weighted by Gasteiger charge is 2.19. The molecule has 1 aliphatic rings. The van der Waals surface area contributed by atoms with Crippen LogP contribution in [0.5, 0.6) is 5.75 Å². The number of hydrogen-bond acceptors (Lipinski definition) is 4. The largest absolute Gasteiger partial charge is 0.412 e. The van der Waals surface area contributed by atoms with Crippen molar-refractivity contribution >= 4 is 12.0 Å². The third-order valence-corrected chi connectivity index (χ3v) is 6.94. The molecule has 1 saturated heterocycles. The molecule has 1 aromatic rings. The number of likely N-dealkylation sites (N-methyl/N-ethyl adjacent to an activating group) is 1. The molecule has 0 bridgehead atoms. The molecule has 1 heterocycles. The van der Waals surface area contributed by atoms with Crippen molar-refractivity contribution < 1.29 is 14.3 Å². The first-order valence-corrected chi connectivity index (χ1v) is 14.1. The van der Waals surface area contributed by atoms with Crippen molar-refractivity contribution in [1.82, 2.24) is 15.1 Å². The monoisotopic (exact) mass is 487 g/mol. The molecule has 0 atom stereocenters. The average Bonchev–Trinajstić information content (AvgIpc) is 2.86. The van der Waals surface area contributed by atoms with Crippen LogP contribution >= 0.6 is 0 Å². The predicted molar refractivity (Wildman–Crippen MR) is 144 cm³/mol. The summed E-state index contributed by atoms with van der Waals surface area (Å²) in [5.41, 5.74) is 0.899. The number of hydrogen-bond donors (Lipinski definition) is 1. The number of nitrogens with one attached hydrogen (secondary N) is 1. The molecule has 2 amide bonds. The summed E-state index contributed by atoms with van der Waals surface area (Å²) in [7, 11) is 2.08. The van der Waals surface area contributed by atoms with Crippen molar-refractivity contribution in [1.29, 1.82) is 0 Å². The van der Waals surface area contributed by atoms with E-state index in [1.807, 2.05) is 23.1 Å². The fourth-order valence-electron chi connectivity index (χ4n) is 4.56. The van der Waals surface area contributed by atoms with Gasteiger partial charge in [0.2, 0.25) is 5.91 Å². The van der Waals surface area contributed by atoms with Gasteiger partial charge in [-0.1, -0.05) is 95.8 Å². The minimum atomic E-state index is -0.411. The van der Waals surface area contributed by atoms with Crippen LogP contribution in [-0.4, -0.2) is 61.6 Å². The number of amides is 2. The summed E-state index contributed by atoms with van der Waals surface area (Å²) in [6.07, 6.45) is 16.2. The molecule has 1 aliphatic heterocycles. The van der Waals surface area contributed by atoms with Crippen LogP contribution in [0.2, 0.25) is 0 Å². The zero-order valence-corrected chi connectivity index (χ0v) is 22.4. The number of unbranched alkanes of at least 4 members (excludes halogenated alkanes) is 11. The lowest BCUT2D eigenvalue weighted by molar-refractivity contribution is -0.132. The van der Waals surface area contributed by atoms with Gasteiger partial charge in [-0.25, -0.2) is 4.79 Å². The van der Waals surface area contributed by atoms with E-state index in [9.17, 15) is 9.59 Å². The maximum Gasteiger partial charge on any atom is 0.412 e. The number of piperazine rings is 1. The lowest BCUT2D eigenvalue weighted by atomic mass is 10.1. The van der Waals surface area contributed by atoms with Crippen molar-refractivity contribution in [3.05, 3.63) is 29.8 Å². The van der Waals surface area contributed by atoms with Crippen LogP contribution in [0, 0.1) is 0 Å². The number of aryl methyl sites for hydroxylation is 1. The molecular formula is C29H49N3O3. The minimum Gasteiger partial charge on any atom is -0.410 e. The van der Waals surface area contributed by atoms with Crippen LogP contribution in [0.25, 0.3) is 0 Å². The summed E-state index contributed by atoms with van der Waals surface area (Å²) in [5, 5.41) is 2.87. The molecule has 0 radical (unpaired) electrons. The second kappa shape index (κ2) is 18.2. The van der Waals surface area contributed by atoms with E-state index in [1.165, 1.54) is 64.2 Å². The Morgan fingerprint density at radius 3 is 2.03 bits per heavy atom. The Hall–Kier alpha value is -2.08. The SMILES string of the molecule is CCCCCCCCCCCCCCNC(=O)Oc1ccccc1CCC(=O)N1CCN(C)CC1.